The molecule has 0 atom stereocenters. The van der Waals surface area contributed by atoms with Crippen LogP contribution in [0.3, 0.4) is 0 Å². The minimum atomic E-state index is -5.40. The summed E-state index contributed by atoms with van der Waals surface area (Å²) in [6.07, 6.45) is -6.98. The lowest BCUT2D eigenvalue weighted by Crippen LogP contribution is -2.40. The molecule has 0 aliphatic carbocycles. The fraction of sp³-hybridized carbons (Fsp3) is 0.423. The van der Waals surface area contributed by atoms with Crippen molar-refractivity contribution in [3.63, 3.8) is 0 Å². The molecule has 4 rings (SSSR count). The van der Waals surface area contributed by atoms with Crippen molar-refractivity contribution >= 4 is 23.2 Å². The number of hydrogen-bond acceptors (Lipinski definition) is 6. The molecular weight excluding hydrogens is 532 g/mol. The van der Waals surface area contributed by atoms with Gasteiger partial charge in [-0.3, -0.25) is 4.79 Å². The second kappa shape index (κ2) is 12.0. The smallest absolute Gasteiger partial charge is 0.382 e. The molecule has 5 nitrogen and oxygen atoms in total. The number of ketones is 1. The Kier molecular flexibility index (Phi) is 8.94. The number of allylic oxidation sites excluding steroid dienone is 1. The zero-order valence-electron chi connectivity index (χ0n) is 20.3. The van der Waals surface area contributed by atoms with Crippen LogP contribution in [-0.2, 0) is 17.1 Å². The molecule has 0 aromatic heterocycles. The fourth-order valence-electron chi connectivity index (χ4n) is 4.40. The van der Waals surface area contributed by atoms with Crippen LogP contribution in [0, 0.1) is 0 Å². The zero-order chi connectivity index (χ0) is 27.3. The van der Waals surface area contributed by atoms with E-state index in [4.69, 9.17) is 4.74 Å². The van der Waals surface area contributed by atoms with Crippen LogP contribution in [0.1, 0.15) is 34.3 Å². The Bertz CT molecular complexity index is 1160. The van der Waals surface area contributed by atoms with Crippen molar-refractivity contribution in [1.82, 2.24) is 10.2 Å². The van der Waals surface area contributed by atoms with Crippen LogP contribution in [0.5, 0.6) is 0 Å². The highest BCUT2D eigenvalue weighted by atomic mass is 32.2. The van der Waals surface area contributed by atoms with Gasteiger partial charge in [-0.15, -0.1) is 0 Å². The quantitative estimate of drug-likeness (QED) is 0.244. The van der Waals surface area contributed by atoms with Crippen molar-refractivity contribution < 1.29 is 35.9 Å². The summed E-state index contributed by atoms with van der Waals surface area (Å²) in [5.74, 6) is -1.14. The summed E-state index contributed by atoms with van der Waals surface area (Å²) >= 11 is 0.575. The molecule has 38 heavy (non-hydrogen) atoms. The summed E-state index contributed by atoms with van der Waals surface area (Å²) in [4.78, 5) is 14.1. The first-order chi connectivity index (χ1) is 18.0. The number of carbonyl (C=O) groups excluding carboxylic acids is 1. The molecule has 2 fully saturated rings. The van der Waals surface area contributed by atoms with Gasteiger partial charge in [0, 0.05) is 78.8 Å². The van der Waals surface area contributed by atoms with Crippen LogP contribution in [0.2, 0.25) is 0 Å². The number of carbonyl (C=O) groups is 1. The standard InChI is InChI=1S/C26H27F6N3O2S/c27-25(28,29)23-20(21(36)6-11-35-12-9-33-10-13-35)4-5-22(24(23)26(30,31)32)38-19-3-1-2-18(16-19)34-17-7-14-37-15-8-17/h1-6,11,16-17,33-34H,7-10,12-15H2. The molecule has 206 valence electrons. The molecule has 2 aromatic carbocycles. The van der Waals surface area contributed by atoms with Gasteiger partial charge in [0.05, 0.1) is 11.1 Å². The van der Waals surface area contributed by atoms with E-state index in [1.54, 1.807) is 23.1 Å². The van der Waals surface area contributed by atoms with Crippen molar-refractivity contribution in [2.45, 2.75) is 41.0 Å². The topological polar surface area (TPSA) is 53.6 Å². The lowest BCUT2D eigenvalue weighted by Gasteiger charge is -2.25. The zero-order valence-corrected chi connectivity index (χ0v) is 21.1. The van der Waals surface area contributed by atoms with E-state index in [2.05, 4.69) is 10.6 Å². The summed E-state index contributed by atoms with van der Waals surface area (Å²) in [7, 11) is 0. The number of alkyl halides is 6. The summed E-state index contributed by atoms with van der Waals surface area (Å²) in [5, 5.41) is 6.39. The molecule has 2 aromatic rings. The number of piperazine rings is 1. The first kappa shape index (κ1) is 28.3. The van der Waals surface area contributed by atoms with Gasteiger partial charge in [0.25, 0.3) is 0 Å². The SMILES string of the molecule is O=C(C=CN1CCNCC1)c1ccc(Sc2cccc(NC3CCOCC3)c2)c(C(F)(F)F)c1C(F)(F)F. The van der Waals surface area contributed by atoms with E-state index in [0.29, 0.717) is 61.7 Å². The van der Waals surface area contributed by atoms with Gasteiger partial charge in [-0.05, 0) is 43.2 Å². The highest BCUT2D eigenvalue weighted by Gasteiger charge is 2.47. The van der Waals surface area contributed by atoms with Crippen LogP contribution < -0.4 is 10.6 Å². The number of halogens is 6. The molecule has 0 radical (unpaired) electrons. The van der Waals surface area contributed by atoms with Gasteiger partial charge in [-0.25, -0.2) is 0 Å². The summed E-state index contributed by atoms with van der Waals surface area (Å²) < 4.78 is 90.2. The van der Waals surface area contributed by atoms with Crippen molar-refractivity contribution in [3.05, 3.63) is 65.4 Å². The lowest BCUT2D eigenvalue weighted by atomic mass is 9.96. The van der Waals surface area contributed by atoms with Gasteiger partial charge in [-0.2, -0.15) is 26.3 Å². The minimum absolute atomic E-state index is 0.131. The maximum atomic E-state index is 14.2. The summed E-state index contributed by atoms with van der Waals surface area (Å²) in [6.45, 7) is 3.50. The molecule has 2 saturated heterocycles. The second-order valence-electron chi connectivity index (χ2n) is 8.98. The third-order valence-corrected chi connectivity index (χ3v) is 7.29. The van der Waals surface area contributed by atoms with E-state index >= 15 is 0 Å². The van der Waals surface area contributed by atoms with Crippen LogP contribution in [0.15, 0.2) is 58.5 Å². The molecule has 0 saturated carbocycles. The first-order valence-corrected chi connectivity index (χ1v) is 12.9. The molecule has 0 amide bonds. The van der Waals surface area contributed by atoms with Gasteiger partial charge in [0.2, 0.25) is 0 Å². The average molecular weight is 560 g/mol. The van der Waals surface area contributed by atoms with Crippen molar-refractivity contribution in [2.75, 3.05) is 44.7 Å². The Morgan fingerprint density at radius 1 is 1.00 bits per heavy atom. The molecule has 0 unspecified atom stereocenters. The molecule has 2 aliphatic rings. The van der Waals surface area contributed by atoms with Crippen LogP contribution in [-0.4, -0.2) is 56.1 Å². The lowest BCUT2D eigenvalue weighted by molar-refractivity contribution is -0.163. The highest BCUT2D eigenvalue weighted by Crippen LogP contribution is 2.48. The Balaban J connectivity index is 1.67. The molecule has 0 bridgehead atoms. The number of nitrogens with one attached hydrogen (secondary N) is 2. The average Bonchev–Trinajstić information content (AvgIpc) is 2.87. The number of anilines is 1. The van der Waals surface area contributed by atoms with E-state index in [9.17, 15) is 31.1 Å². The highest BCUT2D eigenvalue weighted by molar-refractivity contribution is 7.99. The van der Waals surface area contributed by atoms with Gasteiger partial charge < -0.3 is 20.3 Å². The largest absolute Gasteiger partial charge is 0.418 e. The number of benzene rings is 2. The Hall–Kier alpha value is -2.70. The van der Waals surface area contributed by atoms with E-state index in [1.165, 1.54) is 12.3 Å². The monoisotopic (exact) mass is 559 g/mol. The van der Waals surface area contributed by atoms with Crippen molar-refractivity contribution in [1.29, 1.82) is 0 Å². The maximum Gasteiger partial charge on any atom is 0.418 e. The third-order valence-electron chi connectivity index (χ3n) is 6.24. The predicted molar refractivity (Wildman–Crippen MR) is 132 cm³/mol. The normalized spacial score (nSPS) is 17.7. The molecule has 2 heterocycles. The molecule has 2 N–H and O–H groups in total. The van der Waals surface area contributed by atoms with Crippen molar-refractivity contribution in [2.24, 2.45) is 0 Å². The maximum absolute atomic E-state index is 14.2. The summed E-state index contributed by atoms with van der Waals surface area (Å²) in [6, 6.07) is 8.40. The van der Waals surface area contributed by atoms with Crippen LogP contribution in [0.25, 0.3) is 0 Å². The van der Waals surface area contributed by atoms with Gasteiger partial charge >= 0.3 is 12.4 Å². The van der Waals surface area contributed by atoms with Gasteiger partial charge in [0.1, 0.15) is 0 Å². The molecule has 2 aliphatic heterocycles. The fourth-order valence-corrected chi connectivity index (χ4v) is 5.44. The summed E-state index contributed by atoms with van der Waals surface area (Å²) in [5.41, 5.74) is -4.22. The first-order valence-electron chi connectivity index (χ1n) is 12.1. The number of hydrogen-bond donors (Lipinski definition) is 2. The van der Waals surface area contributed by atoms with Gasteiger partial charge in [0.15, 0.2) is 5.78 Å². The Labute approximate surface area is 220 Å². The Morgan fingerprint density at radius 3 is 2.34 bits per heavy atom. The van der Waals surface area contributed by atoms with Gasteiger partial charge in [-0.1, -0.05) is 17.8 Å². The number of nitrogens with zero attached hydrogens (tertiary/aromatic N) is 1. The second-order valence-corrected chi connectivity index (χ2v) is 10.1. The van der Waals surface area contributed by atoms with E-state index in [-0.39, 0.29) is 6.04 Å². The van der Waals surface area contributed by atoms with Crippen LogP contribution >= 0.6 is 11.8 Å². The predicted octanol–water partition coefficient (Wildman–Crippen LogP) is 6.07. The number of ether oxygens (including phenoxy) is 1. The molecular formula is C26H27F6N3O2S. The van der Waals surface area contributed by atoms with E-state index < -0.39 is 39.7 Å². The molecule has 0 spiro atoms. The minimum Gasteiger partial charge on any atom is -0.382 e. The molecule has 12 heteroatoms. The Morgan fingerprint density at radius 2 is 1.68 bits per heavy atom. The van der Waals surface area contributed by atoms with Crippen LogP contribution in [0.4, 0.5) is 32.0 Å². The number of rotatable bonds is 7. The van der Waals surface area contributed by atoms with Crippen molar-refractivity contribution in [3.8, 4) is 0 Å². The van der Waals surface area contributed by atoms with E-state index in [0.717, 1.165) is 31.1 Å². The van der Waals surface area contributed by atoms with E-state index in [1.807, 2.05) is 0 Å². The third kappa shape index (κ3) is 7.23.